The molecule has 3 aromatic heterocycles. The molecule has 0 saturated heterocycles. The smallest absolute Gasteiger partial charge is 0.345 e. The third-order valence-corrected chi connectivity index (χ3v) is 5.80. The first-order valence-corrected chi connectivity index (χ1v) is 10.6. The lowest BCUT2D eigenvalue weighted by Crippen LogP contribution is -2.47. The van der Waals surface area contributed by atoms with Gasteiger partial charge >= 0.3 is 5.97 Å². The Bertz CT molecular complexity index is 1190. The van der Waals surface area contributed by atoms with Gasteiger partial charge in [-0.15, -0.1) is 5.10 Å². The zero-order chi connectivity index (χ0) is 21.8. The van der Waals surface area contributed by atoms with E-state index in [1.54, 1.807) is 30.7 Å². The second-order valence-corrected chi connectivity index (χ2v) is 8.34. The van der Waals surface area contributed by atoms with E-state index in [-0.39, 0.29) is 5.97 Å². The molecule has 0 radical (unpaired) electrons. The van der Waals surface area contributed by atoms with Crippen molar-refractivity contribution in [3.63, 3.8) is 0 Å². The number of nitrogen functional groups attached to an aromatic ring is 1. The number of fused-ring (bicyclic) bond motifs is 1. The van der Waals surface area contributed by atoms with Gasteiger partial charge in [-0.2, -0.15) is 0 Å². The maximum atomic E-state index is 12.9. The van der Waals surface area contributed by atoms with E-state index in [4.69, 9.17) is 10.6 Å². The molecular formula is C22H21BrN6O2. The first kappa shape index (κ1) is 20.9. The van der Waals surface area contributed by atoms with Crippen LogP contribution in [0.4, 0.5) is 5.69 Å². The van der Waals surface area contributed by atoms with Crippen LogP contribution >= 0.6 is 15.9 Å². The number of nitrogens with zero attached hydrogens (tertiary/aromatic N) is 5. The minimum atomic E-state index is -0.607. The van der Waals surface area contributed by atoms with Crippen molar-refractivity contribution in [2.24, 2.45) is 0 Å². The molecule has 1 aromatic carbocycles. The zero-order valence-electron chi connectivity index (χ0n) is 16.9. The molecule has 2 N–H and O–H groups in total. The highest BCUT2D eigenvalue weighted by Gasteiger charge is 2.48. The molecule has 1 fully saturated rings. The maximum Gasteiger partial charge on any atom is 0.345 e. The summed E-state index contributed by atoms with van der Waals surface area (Å²) in [5.74, 6) is -0.315. The van der Waals surface area contributed by atoms with Gasteiger partial charge in [-0.05, 0) is 71.3 Å². The van der Waals surface area contributed by atoms with Crippen LogP contribution in [0.3, 0.4) is 0 Å². The summed E-state index contributed by atoms with van der Waals surface area (Å²) in [6.45, 7) is 1.92. The third kappa shape index (κ3) is 4.41. The molecule has 0 aliphatic heterocycles. The average Bonchev–Trinajstić information content (AvgIpc) is 3.11. The van der Waals surface area contributed by atoms with E-state index in [0.29, 0.717) is 11.2 Å². The van der Waals surface area contributed by atoms with E-state index in [9.17, 15) is 4.79 Å². The summed E-state index contributed by atoms with van der Waals surface area (Å²) in [5, 5.41) is 7.92. The fraction of sp³-hybridized carbons (Fsp3) is 0.227. The van der Waals surface area contributed by atoms with E-state index in [0.717, 1.165) is 45.4 Å². The van der Waals surface area contributed by atoms with Gasteiger partial charge in [0.2, 0.25) is 5.65 Å². The zero-order valence-corrected chi connectivity index (χ0v) is 18.5. The second kappa shape index (κ2) is 8.81. The van der Waals surface area contributed by atoms with Gasteiger partial charge in [-0.25, -0.2) is 9.78 Å². The van der Waals surface area contributed by atoms with Crippen molar-refractivity contribution in [3.05, 3.63) is 76.7 Å². The minimum Gasteiger partial charge on any atom is -0.399 e. The number of hydrogen-bond donors (Lipinski definition) is 1. The fourth-order valence-corrected chi connectivity index (χ4v) is 3.66. The summed E-state index contributed by atoms with van der Waals surface area (Å²) in [6, 6.07) is 13.2. The summed E-state index contributed by atoms with van der Waals surface area (Å²) in [4.78, 5) is 27.5. The SMILES string of the molecule is Cc1cnc2c(c1)nnn2OC(=O)C1(c2ccc(Br)cc2)CCC1.Nc1ccncc1. The van der Waals surface area contributed by atoms with Crippen LogP contribution in [0.5, 0.6) is 0 Å². The molecule has 4 aromatic rings. The van der Waals surface area contributed by atoms with E-state index < -0.39 is 5.41 Å². The number of anilines is 1. The van der Waals surface area contributed by atoms with Gasteiger partial charge in [0, 0.05) is 28.8 Å². The number of halogens is 1. The quantitative estimate of drug-likeness (QED) is 0.445. The Morgan fingerprint density at radius 3 is 2.45 bits per heavy atom. The molecule has 0 spiro atoms. The van der Waals surface area contributed by atoms with E-state index in [2.05, 4.69) is 36.2 Å². The maximum absolute atomic E-state index is 12.9. The van der Waals surface area contributed by atoms with Crippen LogP contribution in [0.15, 0.2) is 65.5 Å². The fourth-order valence-electron chi connectivity index (χ4n) is 3.40. The molecule has 1 aliphatic carbocycles. The average molecular weight is 481 g/mol. The van der Waals surface area contributed by atoms with Gasteiger partial charge in [-0.1, -0.05) is 34.5 Å². The molecule has 0 bridgehead atoms. The monoisotopic (exact) mass is 480 g/mol. The first-order valence-electron chi connectivity index (χ1n) is 9.80. The molecule has 1 aliphatic rings. The van der Waals surface area contributed by atoms with Gasteiger partial charge in [0.15, 0.2) is 0 Å². The number of aromatic nitrogens is 5. The van der Waals surface area contributed by atoms with Crippen molar-refractivity contribution in [2.75, 3.05) is 5.73 Å². The first-order chi connectivity index (χ1) is 15.0. The van der Waals surface area contributed by atoms with Gasteiger partial charge < -0.3 is 10.6 Å². The number of aryl methyl sites for hydroxylation is 1. The number of carbonyl (C=O) groups excluding carboxylic acids is 1. The van der Waals surface area contributed by atoms with E-state index in [1.165, 1.54) is 0 Å². The normalized spacial score (nSPS) is 14.3. The molecule has 31 heavy (non-hydrogen) atoms. The summed E-state index contributed by atoms with van der Waals surface area (Å²) in [6.07, 6.45) is 7.56. The number of rotatable bonds is 3. The van der Waals surface area contributed by atoms with Crippen molar-refractivity contribution in [1.82, 2.24) is 25.1 Å². The Kier molecular flexibility index (Phi) is 5.94. The van der Waals surface area contributed by atoms with Crippen LogP contribution in [0.2, 0.25) is 0 Å². The summed E-state index contributed by atoms with van der Waals surface area (Å²) in [5.41, 5.74) is 8.46. The molecule has 9 heteroatoms. The van der Waals surface area contributed by atoms with Crippen LogP contribution in [0.1, 0.15) is 30.4 Å². The second-order valence-electron chi connectivity index (χ2n) is 7.42. The standard InChI is InChI=1S/C17H15BrN4O2.C5H6N2/c1-11-9-14-15(19-10-11)22(21-20-14)24-16(23)17(7-2-8-17)12-3-5-13(18)6-4-12;6-5-1-3-7-4-2-5/h3-6,9-10H,2,7-8H2,1H3;1-4H,(H2,6,7). The molecule has 0 amide bonds. The summed E-state index contributed by atoms with van der Waals surface area (Å²) >= 11 is 3.42. The number of hydrogen-bond acceptors (Lipinski definition) is 7. The Morgan fingerprint density at radius 2 is 1.87 bits per heavy atom. The lowest BCUT2D eigenvalue weighted by atomic mass is 9.64. The van der Waals surface area contributed by atoms with Crippen LogP contribution in [0.25, 0.3) is 11.2 Å². The minimum absolute atomic E-state index is 0.315. The van der Waals surface area contributed by atoms with Crippen molar-refractivity contribution in [1.29, 1.82) is 0 Å². The Balaban J connectivity index is 0.000000282. The largest absolute Gasteiger partial charge is 0.399 e. The summed E-state index contributed by atoms with van der Waals surface area (Å²) in [7, 11) is 0. The van der Waals surface area contributed by atoms with E-state index >= 15 is 0 Å². The number of nitrogens with two attached hydrogens (primary N) is 1. The van der Waals surface area contributed by atoms with Crippen molar-refractivity contribution in [3.8, 4) is 0 Å². The molecule has 158 valence electrons. The predicted octanol–water partition coefficient (Wildman–Crippen LogP) is 3.64. The Hall–Kier alpha value is -3.33. The Labute approximate surface area is 187 Å². The Morgan fingerprint density at radius 1 is 1.16 bits per heavy atom. The van der Waals surface area contributed by atoms with E-state index in [1.807, 2.05) is 37.3 Å². The van der Waals surface area contributed by atoms with Gasteiger partial charge in [0.05, 0.1) is 5.41 Å². The number of benzene rings is 1. The highest BCUT2D eigenvalue weighted by molar-refractivity contribution is 9.10. The van der Waals surface area contributed by atoms with Crippen molar-refractivity contribution < 1.29 is 9.63 Å². The molecule has 1 saturated carbocycles. The van der Waals surface area contributed by atoms with Crippen LogP contribution in [-0.4, -0.2) is 31.1 Å². The molecular weight excluding hydrogens is 460 g/mol. The highest BCUT2D eigenvalue weighted by atomic mass is 79.9. The van der Waals surface area contributed by atoms with Gasteiger partial charge in [0.1, 0.15) is 5.52 Å². The molecule has 0 atom stereocenters. The van der Waals surface area contributed by atoms with Gasteiger partial charge in [0.25, 0.3) is 0 Å². The van der Waals surface area contributed by atoms with Crippen molar-refractivity contribution in [2.45, 2.75) is 31.6 Å². The number of carbonyl (C=O) groups is 1. The molecule has 0 unspecified atom stereocenters. The van der Waals surface area contributed by atoms with Crippen LogP contribution < -0.4 is 10.6 Å². The van der Waals surface area contributed by atoms with Crippen molar-refractivity contribution >= 4 is 38.8 Å². The van der Waals surface area contributed by atoms with Gasteiger partial charge in [-0.3, -0.25) is 4.98 Å². The lowest BCUT2D eigenvalue weighted by Gasteiger charge is -2.39. The summed E-state index contributed by atoms with van der Waals surface area (Å²) < 4.78 is 0.982. The predicted molar refractivity (Wildman–Crippen MR) is 120 cm³/mol. The number of pyridine rings is 2. The molecule has 5 rings (SSSR count). The van der Waals surface area contributed by atoms with Crippen LogP contribution in [0, 0.1) is 6.92 Å². The third-order valence-electron chi connectivity index (χ3n) is 5.27. The molecule has 3 heterocycles. The highest BCUT2D eigenvalue weighted by Crippen LogP contribution is 2.44. The topological polar surface area (TPSA) is 109 Å². The molecule has 8 nitrogen and oxygen atoms in total. The van der Waals surface area contributed by atoms with Crippen LogP contribution in [-0.2, 0) is 10.2 Å². The lowest BCUT2D eigenvalue weighted by molar-refractivity contribution is -0.156.